The molecule has 2 saturated carbocycles. The number of rotatable bonds is 3. The molecule has 5 fully saturated rings. The number of likely N-dealkylation sites (tertiary alicyclic amines) is 1. The standard InChI is InChI=1S/C27H38N2O2/c1-18-5-8-20-14-22-27-10-9-25(17-31-27,28-23(30)24(2,3)4)16-26(27,21(20)13-18)11-12-29(22)15-19-6-7-19/h5,8,13,19,22H,6-7,9-12,14-17H2,1-4H3,(H,28,30)/t22-,25?,26-,27-/m1/s1. The summed E-state index contributed by atoms with van der Waals surface area (Å²) < 4.78 is 7.02. The quantitative estimate of drug-likeness (QED) is 0.796. The molecule has 168 valence electrons. The Kier molecular flexibility index (Phi) is 4.14. The molecule has 1 aromatic rings. The molecule has 0 radical (unpaired) electrons. The molecule has 0 aromatic heterocycles. The van der Waals surface area contributed by atoms with E-state index in [9.17, 15) is 4.79 Å². The van der Waals surface area contributed by atoms with Gasteiger partial charge in [-0.1, -0.05) is 44.5 Å². The van der Waals surface area contributed by atoms with Crippen molar-refractivity contribution in [3.8, 4) is 0 Å². The smallest absolute Gasteiger partial charge is 0.225 e. The maximum atomic E-state index is 13.0. The summed E-state index contributed by atoms with van der Waals surface area (Å²) in [6, 6.07) is 7.60. The second-order valence-electron chi connectivity index (χ2n) is 12.5. The third-order valence-electron chi connectivity index (χ3n) is 9.28. The first-order chi connectivity index (χ1) is 14.7. The molecule has 1 aromatic carbocycles. The highest BCUT2D eigenvalue weighted by molar-refractivity contribution is 5.82. The highest BCUT2D eigenvalue weighted by Crippen LogP contribution is 2.64. The summed E-state index contributed by atoms with van der Waals surface area (Å²) >= 11 is 0. The summed E-state index contributed by atoms with van der Waals surface area (Å²) in [6.07, 6.45) is 8.22. The molecule has 6 aliphatic rings. The lowest BCUT2D eigenvalue weighted by Crippen LogP contribution is -2.81. The van der Waals surface area contributed by atoms with E-state index in [4.69, 9.17) is 4.74 Å². The van der Waals surface area contributed by atoms with Crippen LogP contribution in [-0.4, -0.2) is 47.7 Å². The van der Waals surface area contributed by atoms with E-state index in [1.807, 2.05) is 20.8 Å². The first-order valence-corrected chi connectivity index (χ1v) is 12.5. The van der Waals surface area contributed by atoms with Crippen LogP contribution in [0, 0.1) is 18.3 Å². The fourth-order valence-electron chi connectivity index (χ4n) is 7.44. The van der Waals surface area contributed by atoms with Crippen molar-refractivity contribution in [2.24, 2.45) is 11.3 Å². The molecule has 3 heterocycles. The number of fused-ring (bicyclic) bond motifs is 3. The molecule has 4 atom stereocenters. The number of amides is 1. The average Bonchev–Trinajstić information content (AvgIpc) is 3.54. The van der Waals surface area contributed by atoms with E-state index in [2.05, 4.69) is 35.3 Å². The molecule has 1 amide bonds. The maximum Gasteiger partial charge on any atom is 0.225 e. The van der Waals surface area contributed by atoms with Crippen LogP contribution in [0.3, 0.4) is 0 Å². The van der Waals surface area contributed by atoms with E-state index < -0.39 is 0 Å². The predicted molar refractivity (Wildman–Crippen MR) is 122 cm³/mol. The van der Waals surface area contributed by atoms with E-state index in [1.54, 1.807) is 0 Å². The van der Waals surface area contributed by atoms with Crippen LogP contribution >= 0.6 is 0 Å². The van der Waals surface area contributed by atoms with Gasteiger partial charge in [0.25, 0.3) is 0 Å². The van der Waals surface area contributed by atoms with Crippen LogP contribution < -0.4 is 5.32 Å². The Balaban J connectivity index is 1.44. The molecule has 3 aliphatic heterocycles. The van der Waals surface area contributed by atoms with Crippen LogP contribution in [0.25, 0.3) is 0 Å². The van der Waals surface area contributed by atoms with Gasteiger partial charge < -0.3 is 10.1 Å². The molecular formula is C27H38N2O2. The van der Waals surface area contributed by atoms with Gasteiger partial charge in [0.05, 0.1) is 17.7 Å². The molecular weight excluding hydrogens is 384 g/mol. The van der Waals surface area contributed by atoms with Gasteiger partial charge >= 0.3 is 0 Å². The molecule has 31 heavy (non-hydrogen) atoms. The number of ether oxygens (including phenoxy) is 1. The number of nitrogens with zero attached hydrogens (tertiary/aromatic N) is 1. The fourth-order valence-corrected chi connectivity index (χ4v) is 7.44. The van der Waals surface area contributed by atoms with Gasteiger partial charge in [-0.3, -0.25) is 9.69 Å². The number of aryl methyl sites for hydroxylation is 1. The van der Waals surface area contributed by atoms with E-state index in [1.165, 1.54) is 42.6 Å². The van der Waals surface area contributed by atoms with Gasteiger partial charge in [-0.2, -0.15) is 0 Å². The molecule has 4 nitrogen and oxygen atoms in total. The molecule has 1 unspecified atom stereocenters. The Labute approximate surface area is 187 Å². The lowest BCUT2D eigenvalue weighted by atomic mass is 9.45. The average molecular weight is 423 g/mol. The second kappa shape index (κ2) is 6.35. The fraction of sp³-hybridized carbons (Fsp3) is 0.741. The SMILES string of the molecule is Cc1ccc2c(c1)[C@]13CCN(CC4CC4)[C@H](C2)[C@]12CCC(NC(=O)C(C)(C)C)(CO2)C3. The number of carbonyl (C=O) groups excluding carboxylic acids is 1. The van der Waals surface area contributed by atoms with Gasteiger partial charge in [0.15, 0.2) is 0 Å². The van der Waals surface area contributed by atoms with Crippen LogP contribution in [0.4, 0.5) is 0 Å². The topological polar surface area (TPSA) is 41.6 Å². The van der Waals surface area contributed by atoms with Crippen molar-refractivity contribution in [2.75, 3.05) is 19.7 Å². The van der Waals surface area contributed by atoms with Gasteiger partial charge in [0.2, 0.25) is 5.91 Å². The van der Waals surface area contributed by atoms with Crippen LogP contribution in [0.1, 0.15) is 76.0 Å². The Morgan fingerprint density at radius 3 is 2.71 bits per heavy atom. The molecule has 4 bridgehead atoms. The summed E-state index contributed by atoms with van der Waals surface area (Å²) in [5.74, 6) is 1.06. The van der Waals surface area contributed by atoms with Gasteiger partial charge in [-0.15, -0.1) is 0 Å². The number of piperidine rings is 1. The summed E-state index contributed by atoms with van der Waals surface area (Å²) in [7, 11) is 0. The zero-order valence-electron chi connectivity index (χ0n) is 19.7. The van der Waals surface area contributed by atoms with Gasteiger partial charge in [0.1, 0.15) is 0 Å². The largest absolute Gasteiger partial charge is 0.370 e. The highest BCUT2D eigenvalue weighted by atomic mass is 16.5. The van der Waals surface area contributed by atoms with Crippen LogP contribution in [0.15, 0.2) is 18.2 Å². The van der Waals surface area contributed by atoms with Crippen molar-refractivity contribution >= 4 is 5.91 Å². The second-order valence-corrected chi connectivity index (χ2v) is 12.5. The van der Waals surface area contributed by atoms with Crippen molar-refractivity contribution in [1.29, 1.82) is 0 Å². The van der Waals surface area contributed by atoms with Crippen molar-refractivity contribution in [3.63, 3.8) is 0 Å². The van der Waals surface area contributed by atoms with E-state index in [0.717, 1.165) is 38.0 Å². The van der Waals surface area contributed by atoms with Gasteiger partial charge in [-0.25, -0.2) is 0 Å². The Morgan fingerprint density at radius 1 is 1.23 bits per heavy atom. The predicted octanol–water partition coefficient (Wildman–Crippen LogP) is 4.13. The third kappa shape index (κ3) is 2.83. The van der Waals surface area contributed by atoms with Crippen molar-refractivity contribution in [1.82, 2.24) is 10.2 Å². The Bertz CT molecular complexity index is 920. The maximum absolute atomic E-state index is 13.0. The minimum Gasteiger partial charge on any atom is -0.370 e. The van der Waals surface area contributed by atoms with Gasteiger partial charge in [-0.05, 0) is 75.5 Å². The summed E-state index contributed by atoms with van der Waals surface area (Å²) in [4.78, 5) is 15.8. The minimum absolute atomic E-state index is 0.0268. The lowest BCUT2D eigenvalue weighted by molar-refractivity contribution is -0.263. The molecule has 4 heteroatoms. The molecule has 1 N–H and O–H groups in total. The normalized spacial score (nSPS) is 39.0. The van der Waals surface area contributed by atoms with Crippen molar-refractivity contribution in [3.05, 3.63) is 34.9 Å². The highest BCUT2D eigenvalue weighted by Gasteiger charge is 2.71. The Morgan fingerprint density at radius 2 is 2.03 bits per heavy atom. The van der Waals surface area contributed by atoms with Crippen LogP contribution in [0.5, 0.6) is 0 Å². The molecule has 3 aliphatic carbocycles. The van der Waals surface area contributed by atoms with Gasteiger partial charge in [0, 0.05) is 23.4 Å². The van der Waals surface area contributed by atoms with Crippen LogP contribution in [0.2, 0.25) is 0 Å². The zero-order chi connectivity index (χ0) is 21.6. The zero-order valence-corrected chi connectivity index (χ0v) is 19.7. The number of nitrogens with one attached hydrogen (secondary N) is 1. The first kappa shape index (κ1) is 20.2. The molecule has 3 saturated heterocycles. The monoisotopic (exact) mass is 422 g/mol. The number of hydrogen-bond acceptors (Lipinski definition) is 3. The Hall–Kier alpha value is -1.39. The number of carbonyl (C=O) groups is 1. The number of hydrogen-bond donors (Lipinski definition) is 1. The van der Waals surface area contributed by atoms with E-state index in [-0.39, 0.29) is 27.9 Å². The number of benzene rings is 1. The van der Waals surface area contributed by atoms with Crippen molar-refractivity contribution < 1.29 is 9.53 Å². The lowest BCUT2D eigenvalue weighted by Gasteiger charge is -2.72. The van der Waals surface area contributed by atoms with E-state index in [0.29, 0.717) is 12.6 Å². The minimum atomic E-state index is -0.379. The van der Waals surface area contributed by atoms with Crippen molar-refractivity contribution in [2.45, 2.75) is 95.2 Å². The summed E-state index contributed by atoms with van der Waals surface area (Å²) in [6.45, 7) is 11.4. The first-order valence-electron chi connectivity index (χ1n) is 12.5. The summed E-state index contributed by atoms with van der Waals surface area (Å²) in [5.41, 5.74) is 3.73. The van der Waals surface area contributed by atoms with E-state index >= 15 is 0 Å². The van der Waals surface area contributed by atoms with Crippen LogP contribution in [-0.2, 0) is 21.4 Å². The summed E-state index contributed by atoms with van der Waals surface area (Å²) in [5, 5.41) is 3.51. The molecule has 7 rings (SSSR count). The third-order valence-corrected chi connectivity index (χ3v) is 9.28. The molecule has 1 spiro atoms.